The molecule has 0 radical (unpaired) electrons. The predicted molar refractivity (Wildman–Crippen MR) is 45.3 cm³/mol. The van der Waals surface area contributed by atoms with Crippen molar-refractivity contribution >= 4 is 28.3 Å². The van der Waals surface area contributed by atoms with Crippen LogP contribution in [-0.2, 0) is 4.79 Å². The first-order chi connectivity index (χ1) is 5.77. The van der Waals surface area contributed by atoms with Gasteiger partial charge in [-0.25, -0.2) is 4.98 Å². The fourth-order valence-electron chi connectivity index (χ4n) is 0.928. The normalized spacial score (nSPS) is 10.4. The molecule has 0 aliphatic heterocycles. The third kappa shape index (κ3) is 1.08. The summed E-state index contributed by atoms with van der Waals surface area (Å²) >= 11 is 1.36. The number of aromatic nitrogens is 2. The van der Waals surface area contributed by atoms with E-state index in [9.17, 15) is 4.79 Å². The monoisotopic (exact) mass is 182 g/mol. The number of rotatable bonds is 1. The minimum Gasteiger partial charge on any atom is -0.413 e. The van der Waals surface area contributed by atoms with Crippen LogP contribution >= 0.6 is 11.3 Å². The molecular weight excluding hydrogens is 176 g/mol. The molecule has 0 atom stereocenters. The Morgan fingerprint density at radius 1 is 1.75 bits per heavy atom. The highest BCUT2D eigenvalue weighted by molar-refractivity contribution is 7.13. The smallest absolute Gasteiger partial charge is 0.308 e. The van der Waals surface area contributed by atoms with Gasteiger partial charge in [0.25, 0.3) is 0 Å². The van der Waals surface area contributed by atoms with Crippen molar-refractivity contribution in [3.8, 4) is 5.06 Å². The summed E-state index contributed by atoms with van der Waals surface area (Å²) in [6.45, 7) is 1.37. The van der Waals surface area contributed by atoms with E-state index in [1.165, 1.54) is 18.3 Å². The van der Waals surface area contributed by atoms with E-state index in [0.717, 1.165) is 11.0 Å². The number of ether oxygens (including phenoxy) is 1. The second-order valence-corrected chi connectivity index (χ2v) is 3.12. The zero-order valence-electron chi connectivity index (χ0n) is 6.33. The van der Waals surface area contributed by atoms with Gasteiger partial charge in [0.1, 0.15) is 5.52 Å². The maximum absolute atomic E-state index is 10.6. The number of imidazole rings is 1. The molecule has 4 nitrogen and oxygen atoms in total. The Morgan fingerprint density at radius 3 is 3.33 bits per heavy atom. The third-order valence-corrected chi connectivity index (χ3v) is 2.23. The van der Waals surface area contributed by atoms with Crippen LogP contribution in [0.25, 0.3) is 11.0 Å². The number of nitrogens with one attached hydrogen (secondary N) is 1. The predicted octanol–water partition coefficient (Wildman–Crippen LogP) is 1.55. The first-order valence-electron chi connectivity index (χ1n) is 3.36. The van der Waals surface area contributed by atoms with Gasteiger partial charge in [0.2, 0.25) is 5.06 Å². The Hall–Kier alpha value is -1.36. The number of fused-ring (bicyclic) bond motifs is 1. The molecule has 0 fully saturated rings. The van der Waals surface area contributed by atoms with E-state index in [2.05, 4.69) is 9.97 Å². The number of carbonyl (C=O) groups is 1. The van der Waals surface area contributed by atoms with Crippen LogP contribution in [-0.4, -0.2) is 15.9 Å². The minimum absolute atomic E-state index is 0.318. The molecule has 0 aliphatic rings. The first kappa shape index (κ1) is 7.30. The van der Waals surface area contributed by atoms with Crippen molar-refractivity contribution in [1.82, 2.24) is 9.97 Å². The van der Waals surface area contributed by atoms with Crippen molar-refractivity contribution in [3.63, 3.8) is 0 Å². The topological polar surface area (TPSA) is 55.0 Å². The molecule has 0 unspecified atom stereocenters. The molecule has 62 valence electrons. The Labute approximate surface area is 72.2 Å². The van der Waals surface area contributed by atoms with Gasteiger partial charge >= 0.3 is 5.97 Å². The van der Waals surface area contributed by atoms with Crippen molar-refractivity contribution in [3.05, 3.63) is 11.7 Å². The van der Waals surface area contributed by atoms with Gasteiger partial charge in [0, 0.05) is 12.3 Å². The van der Waals surface area contributed by atoms with Gasteiger partial charge in [-0.2, -0.15) is 0 Å². The molecule has 2 rings (SSSR count). The number of nitrogens with zero attached hydrogens (tertiary/aromatic N) is 1. The lowest BCUT2D eigenvalue weighted by Crippen LogP contribution is -1.99. The largest absolute Gasteiger partial charge is 0.413 e. The van der Waals surface area contributed by atoms with Gasteiger partial charge < -0.3 is 9.72 Å². The number of carbonyl (C=O) groups excluding carboxylic acids is 1. The number of hydrogen-bond acceptors (Lipinski definition) is 4. The molecular formula is C7H6N2O2S. The molecule has 0 bridgehead atoms. The van der Waals surface area contributed by atoms with Gasteiger partial charge in [0.15, 0.2) is 0 Å². The summed E-state index contributed by atoms with van der Waals surface area (Å²) in [5, 5.41) is 2.42. The third-order valence-electron chi connectivity index (χ3n) is 1.38. The fourth-order valence-corrected chi connectivity index (χ4v) is 1.77. The summed E-state index contributed by atoms with van der Waals surface area (Å²) in [5.74, 6) is -0.318. The molecule has 2 aromatic heterocycles. The van der Waals surface area contributed by atoms with Crippen molar-refractivity contribution in [2.24, 2.45) is 0 Å². The Bertz CT molecular complexity index is 418. The Balaban J connectivity index is 2.47. The fraction of sp³-hybridized carbons (Fsp3) is 0.143. The molecule has 1 N–H and O–H groups in total. The standard InChI is InChI=1S/C7H6N2O2S/c1-4(10)11-7-6-5(2-12-7)8-3-9-6/h2-3H,1H3,(H,8,9). The van der Waals surface area contributed by atoms with Gasteiger partial charge in [-0.3, -0.25) is 4.79 Å². The number of hydrogen-bond donors (Lipinski definition) is 1. The quantitative estimate of drug-likeness (QED) is 0.681. The van der Waals surface area contributed by atoms with Crippen LogP contribution in [0.5, 0.6) is 5.06 Å². The van der Waals surface area contributed by atoms with Gasteiger partial charge in [-0.1, -0.05) is 0 Å². The van der Waals surface area contributed by atoms with Crippen LogP contribution in [0.2, 0.25) is 0 Å². The molecule has 2 aromatic rings. The highest BCUT2D eigenvalue weighted by atomic mass is 32.1. The van der Waals surface area contributed by atoms with E-state index in [-0.39, 0.29) is 5.97 Å². The minimum atomic E-state index is -0.318. The van der Waals surface area contributed by atoms with E-state index >= 15 is 0 Å². The zero-order valence-corrected chi connectivity index (χ0v) is 7.14. The second-order valence-electron chi connectivity index (χ2n) is 2.28. The van der Waals surface area contributed by atoms with E-state index in [4.69, 9.17) is 4.74 Å². The van der Waals surface area contributed by atoms with Crippen LogP contribution in [0.1, 0.15) is 6.92 Å². The Morgan fingerprint density at radius 2 is 2.58 bits per heavy atom. The lowest BCUT2D eigenvalue weighted by molar-refractivity contribution is -0.131. The van der Waals surface area contributed by atoms with Crippen LogP contribution < -0.4 is 4.74 Å². The van der Waals surface area contributed by atoms with E-state index in [1.807, 2.05) is 5.38 Å². The van der Waals surface area contributed by atoms with E-state index < -0.39 is 0 Å². The van der Waals surface area contributed by atoms with Crippen molar-refractivity contribution < 1.29 is 9.53 Å². The Kier molecular flexibility index (Phi) is 1.58. The molecule has 0 saturated heterocycles. The second kappa shape index (κ2) is 2.60. The molecule has 2 heterocycles. The maximum Gasteiger partial charge on any atom is 0.308 e. The highest BCUT2D eigenvalue weighted by Gasteiger charge is 2.08. The summed E-state index contributed by atoms with van der Waals surface area (Å²) in [6.07, 6.45) is 1.57. The molecule has 0 aliphatic carbocycles. The summed E-state index contributed by atoms with van der Waals surface area (Å²) in [6, 6.07) is 0. The van der Waals surface area contributed by atoms with E-state index in [0.29, 0.717) is 5.06 Å². The van der Waals surface area contributed by atoms with Gasteiger partial charge in [-0.05, 0) is 0 Å². The van der Waals surface area contributed by atoms with Crippen molar-refractivity contribution in [2.45, 2.75) is 6.92 Å². The van der Waals surface area contributed by atoms with Crippen LogP contribution in [0.3, 0.4) is 0 Å². The average molecular weight is 182 g/mol. The van der Waals surface area contributed by atoms with Gasteiger partial charge in [0.05, 0.1) is 11.8 Å². The highest BCUT2D eigenvalue weighted by Crippen LogP contribution is 2.30. The molecule has 0 saturated carbocycles. The summed E-state index contributed by atoms with van der Waals surface area (Å²) < 4.78 is 4.92. The number of esters is 1. The zero-order chi connectivity index (χ0) is 8.55. The van der Waals surface area contributed by atoms with Crippen molar-refractivity contribution in [2.75, 3.05) is 0 Å². The summed E-state index contributed by atoms with van der Waals surface area (Å²) in [7, 11) is 0. The van der Waals surface area contributed by atoms with E-state index in [1.54, 1.807) is 6.33 Å². The SMILES string of the molecule is CC(=O)Oc1scc2[nH]cnc12. The lowest BCUT2D eigenvalue weighted by atomic mass is 10.5. The maximum atomic E-state index is 10.6. The van der Waals surface area contributed by atoms with Crippen LogP contribution in [0, 0.1) is 0 Å². The first-order valence-corrected chi connectivity index (χ1v) is 4.24. The molecule has 0 aromatic carbocycles. The molecule has 5 heteroatoms. The number of H-pyrrole nitrogens is 1. The number of aromatic amines is 1. The molecule has 0 spiro atoms. The van der Waals surface area contributed by atoms with Crippen LogP contribution in [0.4, 0.5) is 0 Å². The number of thiophene rings is 1. The molecule has 12 heavy (non-hydrogen) atoms. The average Bonchev–Trinajstić information content (AvgIpc) is 2.52. The van der Waals surface area contributed by atoms with Crippen LogP contribution in [0.15, 0.2) is 11.7 Å². The summed E-state index contributed by atoms with van der Waals surface area (Å²) in [4.78, 5) is 17.6. The lowest BCUT2D eigenvalue weighted by Gasteiger charge is -1.93. The van der Waals surface area contributed by atoms with Gasteiger partial charge in [-0.15, -0.1) is 11.3 Å². The summed E-state index contributed by atoms with van der Waals surface area (Å²) in [5.41, 5.74) is 1.62. The molecule has 0 amide bonds. The van der Waals surface area contributed by atoms with Crippen molar-refractivity contribution in [1.29, 1.82) is 0 Å².